The van der Waals surface area contributed by atoms with Crippen LogP contribution in [0, 0.1) is 12.7 Å². The average Bonchev–Trinajstić information content (AvgIpc) is 2.72. The molecule has 1 N–H and O–H groups in total. The lowest BCUT2D eigenvalue weighted by atomic mass is 10.1. The third-order valence-corrected chi connectivity index (χ3v) is 2.67. The molecule has 1 aromatic heterocycles. The van der Waals surface area contributed by atoms with Crippen molar-refractivity contribution in [3.63, 3.8) is 0 Å². The molecule has 0 unspecified atom stereocenters. The monoisotopic (exact) mass is 235 g/mol. The highest BCUT2D eigenvalue weighted by molar-refractivity contribution is 5.19. The summed E-state index contributed by atoms with van der Waals surface area (Å²) in [6, 6.07) is 6.58. The Hall–Kier alpha value is -1.75. The molecule has 4 nitrogen and oxygen atoms in total. The van der Waals surface area contributed by atoms with Crippen LogP contribution in [0.5, 0.6) is 0 Å². The molecule has 0 aliphatic heterocycles. The van der Waals surface area contributed by atoms with Gasteiger partial charge >= 0.3 is 0 Å². The van der Waals surface area contributed by atoms with Crippen molar-refractivity contribution >= 4 is 0 Å². The molecule has 0 radical (unpaired) electrons. The summed E-state index contributed by atoms with van der Waals surface area (Å²) >= 11 is 0. The maximum absolute atomic E-state index is 13.0. The van der Waals surface area contributed by atoms with Gasteiger partial charge in [-0.15, -0.1) is 0 Å². The molecule has 0 bridgehead atoms. The second-order valence-corrected chi connectivity index (χ2v) is 3.95. The van der Waals surface area contributed by atoms with Gasteiger partial charge in [-0.1, -0.05) is 22.4 Å². The Bertz CT molecular complexity index is 498. The van der Waals surface area contributed by atoms with Gasteiger partial charge in [-0.25, -0.2) is 9.02 Å². The Balaban J connectivity index is 1.98. The second kappa shape index (κ2) is 5.05. The standard InChI is InChI=1S/C12H14FN3O/c1-8(10-4-3-5-11(13)6-10)14-7-12-9(2)15-17-16-12/h3-6,8,14H,7H2,1-2H3/t8-/m1/s1. The quantitative estimate of drug-likeness (QED) is 0.883. The van der Waals surface area contributed by atoms with Crippen molar-refractivity contribution in [3.05, 3.63) is 47.0 Å². The van der Waals surface area contributed by atoms with E-state index in [-0.39, 0.29) is 11.9 Å². The minimum absolute atomic E-state index is 0.0433. The maximum atomic E-state index is 13.0. The highest BCUT2D eigenvalue weighted by Crippen LogP contribution is 2.14. The molecule has 17 heavy (non-hydrogen) atoms. The van der Waals surface area contributed by atoms with E-state index in [0.29, 0.717) is 6.54 Å². The topological polar surface area (TPSA) is 51.0 Å². The minimum atomic E-state index is -0.226. The average molecular weight is 235 g/mol. The number of aromatic nitrogens is 2. The van der Waals surface area contributed by atoms with Crippen molar-refractivity contribution < 1.29 is 9.02 Å². The van der Waals surface area contributed by atoms with E-state index in [2.05, 4.69) is 20.3 Å². The van der Waals surface area contributed by atoms with E-state index in [0.717, 1.165) is 17.0 Å². The summed E-state index contributed by atoms with van der Waals surface area (Å²) in [5, 5.41) is 10.7. The Labute approximate surface area is 98.8 Å². The number of rotatable bonds is 4. The molecule has 1 aromatic carbocycles. The molecule has 2 aromatic rings. The Morgan fingerprint density at radius 3 is 2.88 bits per heavy atom. The highest BCUT2D eigenvalue weighted by Gasteiger charge is 2.09. The van der Waals surface area contributed by atoms with E-state index < -0.39 is 0 Å². The fourth-order valence-corrected chi connectivity index (χ4v) is 1.55. The van der Waals surface area contributed by atoms with E-state index in [1.807, 2.05) is 19.9 Å². The van der Waals surface area contributed by atoms with Crippen molar-refractivity contribution in [1.82, 2.24) is 15.6 Å². The first-order chi connectivity index (χ1) is 8.16. The van der Waals surface area contributed by atoms with E-state index in [1.54, 1.807) is 6.07 Å². The van der Waals surface area contributed by atoms with Gasteiger partial charge in [0.1, 0.15) is 17.2 Å². The number of aryl methyl sites for hydroxylation is 1. The molecule has 2 rings (SSSR count). The molecule has 0 saturated heterocycles. The van der Waals surface area contributed by atoms with Gasteiger partial charge in [0, 0.05) is 12.6 Å². The molecular weight excluding hydrogens is 221 g/mol. The lowest BCUT2D eigenvalue weighted by molar-refractivity contribution is 0.300. The van der Waals surface area contributed by atoms with Crippen LogP contribution in [0.2, 0.25) is 0 Å². The molecule has 0 amide bonds. The van der Waals surface area contributed by atoms with Gasteiger partial charge in [-0.2, -0.15) is 0 Å². The molecule has 0 aliphatic rings. The van der Waals surface area contributed by atoms with Gasteiger partial charge in [0.25, 0.3) is 0 Å². The van der Waals surface area contributed by atoms with Crippen molar-refractivity contribution in [3.8, 4) is 0 Å². The zero-order valence-corrected chi connectivity index (χ0v) is 9.77. The van der Waals surface area contributed by atoms with Gasteiger partial charge in [-0.05, 0) is 31.5 Å². The first-order valence-electron chi connectivity index (χ1n) is 5.43. The molecule has 1 atom stereocenters. The summed E-state index contributed by atoms with van der Waals surface area (Å²) in [5.74, 6) is -0.226. The third kappa shape index (κ3) is 2.88. The van der Waals surface area contributed by atoms with Crippen LogP contribution in [-0.4, -0.2) is 10.3 Å². The van der Waals surface area contributed by atoms with Gasteiger partial charge in [0.15, 0.2) is 0 Å². The van der Waals surface area contributed by atoms with Gasteiger partial charge < -0.3 is 5.32 Å². The zero-order chi connectivity index (χ0) is 12.3. The van der Waals surface area contributed by atoms with Crippen molar-refractivity contribution in [2.75, 3.05) is 0 Å². The summed E-state index contributed by atoms with van der Waals surface area (Å²) in [7, 11) is 0. The Morgan fingerprint density at radius 1 is 1.41 bits per heavy atom. The fraction of sp³-hybridized carbons (Fsp3) is 0.333. The summed E-state index contributed by atoms with van der Waals surface area (Å²) < 4.78 is 17.6. The minimum Gasteiger partial charge on any atom is -0.304 e. The summed E-state index contributed by atoms with van der Waals surface area (Å²) in [6.45, 7) is 4.35. The molecule has 90 valence electrons. The summed E-state index contributed by atoms with van der Waals surface area (Å²) in [4.78, 5) is 0. The predicted octanol–water partition coefficient (Wildman–Crippen LogP) is 2.37. The number of nitrogens with one attached hydrogen (secondary N) is 1. The normalized spacial score (nSPS) is 12.6. The van der Waals surface area contributed by atoms with Gasteiger partial charge in [0.2, 0.25) is 0 Å². The molecule has 0 aliphatic carbocycles. The van der Waals surface area contributed by atoms with Crippen LogP contribution in [0.15, 0.2) is 28.9 Å². The molecule has 1 heterocycles. The van der Waals surface area contributed by atoms with Gasteiger partial charge in [-0.3, -0.25) is 0 Å². The number of hydrogen-bond donors (Lipinski definition) is 1. The summed E-state index contributed by atoms with van der Waals surface area (Å²) in [6.07, 6.45) is 0. The lowest BCUT2D eigenvalue weighted by Crippen LogP contribution is -2.18. The molecule has 0 fully saturated rings. The first-order valence-corrected chi connectivity index (χ1v) is 5.43. The van der Waals surface area contributed by atoms with Crippen LogP contribution in [0.3, 0.4) is 0 Å². The Kier molecular flexibility index (Phi) is 3.49. The van der Waals surface area contributed by atoms with E-state index in [1.165, 1.54) is 12.1 Å². The van der Waals surface area contributed by atoms with Crippen LogP contribution >= 0.6 is 0 Å². The fourth-order valence-electron chi connectivity index (χ4n) is 1.55. The first kappa shape index (κ1) is 11.7. The second-order valence-electron chi connectivity index (χ2n) is 3.95. The number of nitrogens with zero attached hydrogens (tertiary/aromatic N) is 2. The largest absolute Gasteiger partial charge is 0.304 e. The van der Waals surface area contributed by atoms with Crippen LogP contribution in [0.4, 0.5) is 4.39 Å². The van der Waals surface area contributed by atoms with Crippen molar-refractivity contribution in [2.45, 2.75) is 26.4 Å². The van der Waals surface area contributed by atoms with Crippen molar-refractivity contribution in [1.29, 1.82) is 0 Å². The number of halogens is 1. The van der Waals surface area contributed by atoms with Crippen LogP contribution < -0.4 is 5.32 Å². The Morgan fingerprint density at radius 2 is 2.24 bits per heavy atom. The molecule has 0 saturated carbocycles. The molecular formula is C12H14FN3O. The van der Waals surface area contributed by atoms with E-state index >= 15 is 0 Å². The van der Waals surface area contributed by atoms with Crippen LogP contribution in [0.1, 0.15) is 29.9 Å². The number of benzene rings is 1. The van der Waals surface area contributed by atoms with Crippen LogP contribution in [0.25, 0.3) is 0 Å². The summed E-state index contributed by atoms with van der Waals surface area (Å²) in [5.41, 5.74) is 2.44. The third-order valence-electron chi connectivity index (χ3n) is 2.67. The predicted molar refractivity (Wildman–Crippen MR) is 60.7 cm³/mol. The zero-order valence-electron chi connectivity index (χ0n) is 9.77. The van der Waals surface area contributed by atoms with E-state index in [9.17, 15) is 4.39 Å². The van der Waals surface area contributed by atoms with Gasteiger partial charge in [0.05, 0.1) is 0 Å². The van der Waals surface area contributed by atoms with E-state index in [4.69, 9.17) is 0 Å². The SMILES string of the molecule is Cc1nonc1CN[C@H](C)c1cccc(F)c1. The molecule has 0 spiro atoms. The highest BCUT2D eigenvalue weighted by atomic mass is 19.1. The molecule has 5 heteroatoms. The number of hydrogen-bond acceptors (Lipinski definition) is 4. The van der Waals surface area contributed by atoms with Crippen LogP contribution in [-0.2, 0) is 6.54 Å². The smallest absolute Gasteiger partial charge is 0.123 e. The lowest BCUT2D eigenvalue weighted by Gasteiger charge is -2.13. The van der Waals surface area contributed by atoms with Crippen molar-refractivity contribution in [2.24, 2.45) is 0 Å². The maximum Gasteiger partial charge on any atom is 0.123 e.